The highest BCUT2D eigenvalue weighted by Crippen LogP contribution is 2.46. The first-order chi connectivity index (χ1) is 7.13. The Morgan fingerprint density at radius 1 is 1.40 bits per heavy atom. The molecule has 2 aliphatic rings. The molecule has 0 aromatic heterocycles. The number of hydrogen-bond donors (Lipinski definition) is 1. The summed E-state index contributed by atoms with van der Waals surface area (Å²) in [5.74, 6) is 0.153. The van der Waals surface area contributed by atoms with Crippen LogP contribution in [0.25, 0.3) is 0 Å². The number of likely N-dealkylation sites (N-methyl/N-ethyl adjacent to an activating group) is 1. The second kappa shape index (κ2) is 3.71. The van der Waals surface area contributed by atoms with Crippen molar-refractivity contribution < 1.29 is 4.79 Å². The van der Waals surface area contributed by atoms with Crippen molar-refractivity contribution in [2.45, 2.75) is 38.1 Å². The van der Waals surface area contributed by atoms with E-state index in [-0.39, 0.29) is 11.4 Å². The SMILES string of the molecule is CC1=C(/C=C\S)C(=O)N(C)C12CCCC2. The molecular formula is C12H17NOS. The molecule has 0 radical (unpaired) electrons. The molecule has 1 aliphatic heterocycles. The monoisotopic (exact) mass is 223 g/mol. The van der Waals surface area contributed by atoms with Gasteiger partial charge in [0.25, 0.3) is 5.91 Å². The molecule has 0 aromatic rings. The van der Waals surface area contributed by atoms with Crippen LogP contribution in [-0.4, -0.2) is 23.4 Å². The van der Waals surface area contributed by atoms with E-state index in [0.717, 1.165) is 18.4 Å². The fourth-order valence-electron chi connectivity index (χ4n) is 2.98. The lowest BCUT2D eigenvalue weighted by atomic mass is 9.88. The summed E-state index contributed by atoms with van der Waals surface area (Å²) in [4.78, 5) is 14.0. The summed E-state index contributed by atoms with van der Waals surface area (Å²) in [6.07, 6.45) is 6.51. The van der Waals surface area contributed by atoms with Crippen molar-refractivity contribution in [1.82, 2.24) is 4.90 Å². The van der Waals surface area contributed by atoms with E-state index in [2.05, 4.69) is 19.6 Å². The summed E-state index contributed by atoms with van der Waals surface area (Å²) < 4.78 is 0. The van der Waals surface area contributed by atoms with Gasteiger partial charge in [0.1, 0.15) is 0 Å². The summed E-state index contributed by atoms with van der Waals surface area (Å²) in [5.41, 5.74) is 2.10. The van der Waals surface area contributed by atoms with Gasteiger partial charge in [-0.3, -0.25) is 4.79 Å². The topological polar surface area (TPSA) is 20.3 Å². The Morgan fingerprint density at radius 2 is 2.00 bits per heavy atom. The van der Waals surface area contributed by atoms with E-state index in [4.69, 9.17) is 0 Å². The van der Waals surface area contributed by atoms with Crippen LogP contribution in [-0.2, 0) is 4.79 Å². The van der Waals surface area contributed by atoms with Crippen LogP contribution >= 0.6 is 12.6 Å². The molecule has 1 amide bonds. The fraction of sp³-hybridized carbons (Fsp3) is 0.583. The van der Waals surface area contributed by atoms with Gasteiger partial charge in [-0.2, -0.15) is 12.6 Å². The molecule has 0 aromatic carbocycles. The Balaban J connectivity index is 2.46. The third kappa shape index (κ3) is 1.36. The molecule has 1 spiro atoms. The fourth-order valence-corrected chi connectivity index (χ4v) is 3.13. The second-order valence-electron chi connectivity index (χ2n) is 4.46. The Hall–Kier alpha value is -0.700. The van der Waals surface area contributed by atoms with Crippen molar-refractivity contribution in [3.63, 3.8) is 0 Å². The number of amides is 1. The molecular weight excluding hydrogens is 206 g/mol. The molecule has 15 heavy (non-hydrogen) atoms. The van der Waals surface area contributed by atoms with Gasteiger partial charge in [-0.25, -0.2) is 0 Å². The predicted molar refractivity (Wildman–Crippen MR) is 64.8 cm³/mol. The lowest BCUT2D eigenvalue weighted by molar-refractivity contribution is -0.127. The first kappa shape index (κ1) is 10.8. The molecule has 2 rings (SSSR count). The van der Waals surface area contributed by atoms with Crippen LogP contribution in [0.15, 0.2) is 22.6 Å². The summed E-state index contributed by atoms with van der Waals surface area (Å²) in [6.45, 7) is 2.09. The van der Waals surface area contributed by atoms with Crippen molar-refractivity contribution >= 4 is 18.5 Å². The summed E-state index contributed by atoms with van der Waals surface area (Å²) in [5, 5.41) is 1.65. The second-order valence-corrected chi connectivity index (χ2v) is 4.76. The lowest BCUT2D eigenvalue weighted by Crippen LogP contribution is -2.43. The minimum atomic E-state index is 0.0275. The normalized spacial score (nSPS) is 25.3. The summed E-state index contributed by atoms with van der Waals surface area (Å²) >= 11 is 4.05. The minimum Gasteiger partial charge on any atom is -0.332 e. The standard InChI is InChI=1S/C12H17NOS/c1-9-10(5-8-15)11(14)13(2)12(9)6-3-4-7-12/h5,8,15H,3-4,6-7H2,1-2H3/b8-5-. The molecule has 0 bridgehead atoms. The Kier molecular flexibility index (Phi) is 2.67. The zero-order valence-corrected chi connectivity index (χ0v) is 10.2. The first-order valence-electron chi connectivity index (χ1n) is 5.44. The molecule has 0 N–H and O–H groups in total. The molecule has 0 unspecified atom stereocenters. The zero-order valence-electron chi connectivity index (χ0n) is 9.29. The zero-order chi connectivity index (χ0) is 11.1. The van der Waals surface area contributed by atoms with Crippen molar-refractivity contribution in [2.24, 2.45) is 0 Å². The van der Waals surface area contributed by atoms with Crippen LogP contribution in [0.3, 0.4) is 0 Å². The number of thiol groups is 1. The Labute approximate surface area is 96.4 Å². The average Bonchev–Trinajstić information content (AvgIpc) is 2.77. The van der Waals surface area contributed by atoms with E-state index in [1.165, 1.54) is 18.4 Å². The third-order valence-electron chi connectivity index (χ3n) is 3.95. The average molecular weight is 223 g/mol. The van der Waals surface area contributed by atoms with Crippen LogP contribution in [0.2, 0.25) is 0 Å². The Bertz CT molecular complexity index is 351. The maximum atomic E-state index is 12.0. The van der Waals surface area contributed by atoms with Gasteiger partial charge in [0.05, 0.1) is 5.54 Å². The number of rotatable bonds is 1. The van der Waals surface area contributed by atoms with Gasteiger partial charge in [-0.15, -0.1) is 0 Å². The molecule has 1 heterocycles. The molecule has 1 fully saturated rings. The predicted octanol–water partition coefficient (Wildman–Crippen LogP) is 2.53. The van der Waals surface area contributed by atoms with Gasteiger partial charge >= 0.3 is 0 Å². The summed E-state index contributed by atoms with van der Waals surface area (Å²) in [7, 11) is 1.93. The van der Waals surface area contributed by atoms with E-state index in [0.29, 0.717) is 0 Å². The van der Waals surface area contributed by atoms with Gasteiger partial charge in [0.2, 0.25) is 0 Å². The van der Waals surface area contributed by atoms with Crippen molar-refractivity contribution in [1.29, 1.82) is 0 Å². The largest absolute Gasteiger partial charge is 0.332 e. The van der Waals surface area contributed by atoms with Crippen LogP contribution in [0.1, 0.15) is 32.6 Å². The maximum absolute atomic E-state index is 12.0. The minimum absolute atomic E-state index is 0.0275. The molecule has 3 heteroatoms. The lowest BCUT2D eigenvalue weighted by Gasteiger charge is -2.33. The van der Waals surface area contributed by atoms with E-state index in [1.807, 2.05) is 18.0 Å². The first-order valence-corrected chi connectivity index (χ1v) is 5.95. The van der Waals surface area contributed by atoms with Crippen LogP contribution in [0.5, 0.6) is 0 Å². The van der Waals surface area contributed by atoms with Gasteiger partial charge in [0.15, 0.2) is 0 Å². The van der Waals surface area contributed by atoms with E-state index in [1.54, 1.807) is 5.41 Å². The molecule has 1 aliphatic carbocycles. The van der Waals surface area contributed by atoms with Gasteiger partial charge in [-0.05, 0) is 36.8 Å². The van der Waals surface area contributed by atoms with E-state index < -0.39 is 0 Å². The highest BCUT2D eigenvalue weighted by molar-refractivity contribution is 7.83. The highest BCUT2D eigenvalue weighted by atomic mass is 32.1. The van der Waals surface area contributed by atoms with Crippen LogP contribution < -0.4 is 0 Å². The number of carbonyl (C=O) groups is 1. The molecule has 1 saturated carbocycles. The van der Waals surface area contributed by atoms with Crippen molar-refractivity contribution in [3.8, 4) is 0 Å². The van der Waals surface area contributed by atoms with Gasteiger partial charge in [0, 0.05) is 12.6 Å². The van der Waals surface area contributed by atoms with Gasteiger partial charge < -0.3 is 4.90 Å². The number of hydrogen-bond acceptors (Lipinski definition) is 2. The van der Waals surface area contributed by atoms with Crippen molar-refractivity contribution in [2.75, 3.05) is 7.05 Å². The van der Waals surface area contributed by atoms with Crippen LogP contribution in [0.4, 0.5) is 0 Å². The number of carbonyl (C=O) groups excluding carboxylic acids is 1. The van der Waals surface area contributed by atoms with Crippen LogP contribution in [0, 0.1) is 0 Å². The third-order valence-corrected chi connectivity index (χ3v) is 4.10. The maximum Gasteiger partial charge on any atom is 0.254 e. The van der Waals surface area contributed by atoms with E-state index in [9.17, 15) is 4.79 Å². The summed E-state index contributed by atoms with van der Waals surface area (Å²) in [6, 6.07) is 0. The molecule has 2 nitrogen and oxygen atoms in total. The molecule has 0 atom stereocenters. The highest BCUT2D eigenvalue weighted by Gasteiger charge is 2.48. The van der Waals surface area contributed by atoms with Gasteiger partial charge in [-0.1, -0.05) is 12.8 Å². The quantitative estimate of drug-likeness (QED) is 0.677. The Morgan fingerprint density at radius 3 is 2.53 bits per heavy atom. The molecule has 0 saturated heterocycles. The molecule has 82 valence electrons. The van der Waals surface area contributed by atoms with Crippen molar-refractivity contribution in [3.05, 3.63) is 22.6 Å². The smallest absolute Gasteiger partial charge is 0.254 e. The number of nitrogens with zero attached hydrogens (tertiary/aromatic N) is 1. The van der Waals surface area contributed by atoms with E-state index >= 15 is 0 Å².